The SMILES string of the molecule is C#Cc1cnn2cc(-c3cnn(C4CCN(C)CC4)c3C)cc(Sc3ccc(F)cn3)c12. The van der Waals surface area contributed by atoms with E-state index < -0.39 is 0 Å². The van der Waals surface area contributed by atoms with Gasteiger partial charge in [-0.3, -0.25) is 4.68 Å². The predicted octanol–water partition coefficient (Wildman–Crippen LogP) is 4.44. The van der Waals surface area contributed by atoms with Crippen LogP contribution in [0.3, 0.4) is 0 Å². The molecule has 0 atom stereocenters. The minimum atomic E-state index is -0.362. The van der Waals surface area contributed by atoms with Crippen molar-refractivity contribution in [1.82, 2.24) is 29.3 Å². The van der Waals surface area contributed by atoms with Crippen molar-refractivity contribution in [2.75, 3.05) is 20.1 Å². The number of halogens is 1. The zero-order chi connectivity index (χ0) is 22.2. The lowest BCUT2D eigenvalue weighted by atomic mass is 10.0. The average molecular weight is 447 g/mol. The third kappa shape index (κ3) is 3.78. The molecule has 6 nitrogen and oxygen atoms in total. The summed E-state index contributed by atoms with van der Waals surface area (Å²) < 4.78 is 17.3. The van der Waals surface area contributed by atoms with Gasteiger partial charge in [-0.15, -0.1) is 6.42 Å². The first kappa shape index (κ1) is 20.7. The van der Waals surface area contributed by atoms with Gasteiger partial charge in [0.15, 0.2) is 0 Å². The predicted molar refractivity (Wildman–Crippen MR) is 123 cm³/mol. The average Bonchev–Trinajstić information content (AvgIpc) is 3.39. The van der Waals surface area contributed by atoms with Gasteiger partial charge in [-0.25, -0.2) is 13.9 Å². The number of terminal acetylenes is 1. The smallest absolute Gasteiger partial charge is 0.141 e. The molecule has 0 spiro atoms. The van der Waals surface area contributed by atoms with Crippen molar-refractivity contribution in [1.29, 1.82) is 0 Å². The molecule has 0 unspecified atom stereocenters. The number of aromatic nitrogens is 5. The lowest BCUT2D eigenvalue weighted by Gasteiger charge is -2.29. The number of hydrogen-bond donors (Lipinski definition) is 0. The van der Waals surface area contributed by atoms with Crippen LogP contribution in [0.4, 0.5) is 4.39 Å². The Labute approximate surface area is 190 Å². The Balaban J connectivity index is 1.57. The Morgan fingerprint density at radius 3 is 2.69 bits per heavy atom. The molecule has 32 heavy (non-hydrogen) atoms. The fourth-order valence-corrected chi connectivity index (χ4v) is 5.22. The summed E-state index contributed by atoms with van der Waals surface area (Å²) in [5.74, 6) is 2.35. The minimum Gasteiger partial charge on any atom is -0.306 e. The van der Waals surface area contributed by atoms with E-state index in [0.29, 0.717) is 16.6 Å². The van der Waals surface area contributed by atoms with E-state index in [-0.39, 0.29) is 5.82 Å². The van der Waals surface area contributed by atoms with Crippen molar-refractivity contribution in [3.05, 3.63) is 60.1 Å². The lowest BCUT2D eigenvalue weighted by Crippen LogP contribution is -2.32. The van der Waals surface area contributed by atoms with Crippen molar-refractivity contribution in [2.45, 2.75) is 35.7 Å². The molecule has 0 saturated carbocycles. The zero-order valence-corrected chi connectivity index (χ0v) is 18.8. The van der Waals surface area contributed by atoms with Crippen LogP contribution in [0.5, 0.6) is 0 Å². The highest BCUT2D eigenvalue weighted by atomic mass is 32.2. The van der Waals surface area contributed by atoms with Crippen LogP contribution in [0, 0.1) is 25.1 Å². The van der Waals surface area contributed by atoms with Gasteiger partial charge in [-0.1, -0.05) is 17.7 Å². The molecule has 1 saturated heterocycles. The maximum absolute atomic E-state index is 13.3. The van der Waals surface area contributed by atoms with E-state index in [1.807, 2.05) is 16.9 Å². The molecular formula is C24H23FN6S. The minimum absolute atomic E-state index is 0.362. The maximum atomic E-state index is 13.3. The number of hydrogen-bond acceptors (Lipinski definition) is 5. The van der Waals surface area contributed by atoms with Crippen LogP contribution in [0.25, 0.3) is 16.6 Å². The number of pyridine rings is 2. The highest BCUT2D eigenvalue weighted by molar-refractivity contribution is 7.99. The summed E-state index contributed by atoms with van der Waals surface area (Å²) in [4.78, 5) is 7.47. The highest BCUT2D eigenvalue weighted by Gasteiger charge is 2.22. The first-order valence-electron chi connectivity index (χ1n) is 10.5. The Bertz CT molecular complexity index is 1310. The molecule has 0 radical (unpaired) electrons. The van der Waals surface area contributed by atoms with Crippen LogP contribution in [-0.4, -0.2) is 49.4 Å². The fourth-order valence-electron chi connectivity index (χ4n) is 4.26. The number of piperidine rings is 1. The van der Waals surface area contributed by atoms with Gasteiger partial charge in [0.1, 0.15) is 10.8 Å². The van der Waals surface area contributed by atoms with Gasteiger partial charge >= 0.3 is 0 Å². The molecule has 4 aromatic rings. The van der Waals surface area contributed by atoms with Crippen LogP contribution >= 0.6 is 11.8 Å². The third-order valence-corrected chi connectivity index (χ3v) is 7.02. The van der Waals surface area contributed by atoms with E-state index in [1.165, 1.54) is 24.0 Å². The molecule has 4 aromatic heterocycles. The molecule has 5 heterocycles. The van der Waals surface area contributed by atoms with E-state index in [4.69, 9.17) is 11.5 Å². The van der Waals surface area contributed by atoms with E-state index in [0.717, 1.165) is 53.2 Å². The van der Waals surface area contributed by atoms with E-state index in [2.05, 4.69) is 45.6 Å². The lowest BCUT2D eigenvalue weighted by molar-refractivity contribution is 0.210. The Kier molecular flexibility index (Phi) is 5.45. The molecule has 0 amide bonds. The zero-order valence-electron chi connectivity index (χ0n) is 18.0. The summed E-state index contributed by atoms with van der Waals surface area (Å²) in [6, 6.07) is 5.58. The molecule has 8 heteroatoms. The Morgan fingerprint density at radius 2 is 1.97 bits per heavy atom. The number of rotatable bonds is 4. The second-order valence-electron chi connectivity index (χ2n) is 8.13. The number of likely N-dealkylation sites (tertiary alicyclic amines) is 1. The van der Waals surface area contributed by atoms with Crippen LogP contribution in [0.1, 0.15) is 30.1 Å². The van der Waals surface area contributed by atoms with Crippen molar-refractivity contribution in [2.24, 2.45) is 0 Å². The normalized spacial score (nSPS) is 15.3. The molecule has 1 fully saturated rings. The van der Waals surface area contributed by atoms with Gasteiger partial charge in [-0.05, 0) is 58.1 Å². The van der Waals surface area contributed by atoms with E-state index in [9.17, 15) is 4.39 Å². The van der Waals surface area contributed by atoms with Gasteiger partial charge in [0.2, 0.25) is 0 Å². The summed E-state index contributed by atoms with van der Waals surface area (Å²) >= 11 is 1.44. The van der Waals surface area contributed by atoms with Gasteiger partial charge < -0.3 is 4.90 Å². The summed E-state index contributed by atoms with van der Waals surface area (Å²) in [7, 11) is 2.16. The van der Waals surface area contributed by atoms with Crippen LogP contribution in [0.15, 0.2) is 52.9 Å². The molecule has 0 aromatic carbocycles. The first-order chi connectivity index (χ1) is 15.5. The van der Waals surface area contributed by atoms with Gasteiger partial charge in [0, 0.05) is 27.9 Å². The topological polar surface area (TPSA) is 51.3 Å². The van der Waals surface area contributed by atoms with Gasteiger partial charge in [0.05, 0.1) is 35.7 Å². The molecule has 0 N–H and O–H groups in total. The molecular weight excluding hydrogens is 423 g/mol. The monoisotopic (exact) mass is 446 g/mol. The molecule has 0 aliphatic carbocycles. The molecule has 1 aliphatic rings. The second-order valence-corrected chi connectivity index (χ2v) is 9.19. The molecule has 0 bridgehead atoms. The largest absolute Gasteiger partial charge is 0.306 e. The van der Waals surface area contributed by atoms with Crippen LogP contribution in [-0.2, 0) is 0 Å². The number of nitrogens with zero attached hydrogens (tertiary/aromatic N) is 6. The summed E-state index contributed by atoms with van der Waals surface area (Å²) in [5, 5.41) is 9.90. The van der Waals surface area contributed by atoms with Crippen LogP contribution in [0.2, 0.25) is 0 Å². The summed E-state index contributed by atoms with van der Waals surface area (Å²) in [6.07, 6.45) is 14.7. The van der Waals surface area contributed by atoms with Gasteiger partial charge in [0.25, 0.3) is 0 Å². The Morgan fingerprint density at radius 1 is 1.16 bits per heavy atom. The second kappa shape index (κ2) is 8.41. The van der Waals surface area contributed by atoms with Crippen LogP contribution < -0.4 is 0 Å². The molecule has 162 valence electrons. The summed E-state index contributed by atoms with van der Waals surface area (Å²) in [6.45, 7) is 4.28. The van der Waals surface area contributed by atoms with Crippen molar-refractivity contribution in [3.8, 4) is 23.5 Å². The summed E-state index contributed by atoms with van der Waals surface area (Å²) in [5.41, 5.74) is 4.76. The van der Waals surface area contributed by atoms with Crippen molar-refractivity contribution >= 4 is 17.3 Å². The Hall–Kier alpha value is -3.15. The fraction of sp³-hybridized carbons (Fsp3) is 0.292. The maximum Gasteiger partial charge on any atom is 0.141 e. The quantitative estimate of drug-likeness (QED) is 0.434. The van der Waals surface area contributed by atoms with Gasteiger partial charge in [-0.2, -0.15) is 10.2 Å². The molecule has 1 aliphatic heterocycles. The van der Waals surface area contributed by atoms with Crippen molar-refractivity contribution < 1.29 is 4.39 Å². The van der Waals surface area contributed by atoms with E-state index >= 15 is 0 Å². The first-order valence-corrected chi connectivity index (χ1v) is 11.4. The standard InChI is InChI=1S/C24H23FN6S/c1-4-17-12-27-30-15-18(11-22(24(17)30)32-23-6-5-19(25)13-26-23)21-14-28-31(16(21)2)20-7-9-29(3)10-8-20/h1,5-6,11-15,20H,7-10H2,2-3H3. The van der Waals surface area contributed by atoms with Crippen molar-refractivity contribution in [3.63, 3.8) is 0 Å². The third-order valence-electron chi connectivity index (χ3n) is 6.04. The van der Waals surface area contributed by atoms with E-state index in [1.54, 1.807) is 12.3 Å². The highest BCUT2D eigenvalue weighted by Crippen LogP contribution is 2.36. The number of fused-ring (bicyclic) bond motifs is 1. The molecule has 5 rings (SSSR count).